The minimum absolute atomic E-state index is 1.10. The molecule has 10 rings (SSSR count). The first kappa shape index (κ1) is 43.7. The number of rotatable bonds is 15. The van der Waals surface area contributed by atoms with Crippen LogP contribution in [0.1, 0.15) is 33.4 Å². The standard InChI is InChI=1S/C66H51N3/c1-7-19-58(20-8-1)67(59-21-9-2-10-22-59)64-43-37-52(38-44-64)31-34-55-49-56(35-32-53-39-45-65(46-40-53)68(60-23-11-3-12-24-60)61-25-13-4-14-26-61)51-57(50-55)36-33-54-41-47-66(48-42-54)69(62-27-15-5-16-28-62)63-29-17-6-18-30-63/h1-51H/b34-31+,35-32+,36-33+. The van der Waals surface area contributed by atoms with Gasteiger partial charge in [0.15, 0.2) is 0 Å². The van der Waals surface area contributed by atoms with Crippen LogP contribution in [0.5, 0.6) is 0 Å². The normalized spacial score (nSPS) is 11.3. The fourth-order valence-corrected chi connectivity index (χ4v) is 8.58. The molecule has 69 heavy (non-hydrogen) atoms. The number of hydrogen-bond acceptors (Lipinski definition) is 3. The van der Waals surface area contributed by atoms with Gasteiger partial charge < -0.3 is 14.7 Å². The minimum atomic E-state index is 1.10. The number of hydrogen-bond donors (Lipinski definition) is 0. The Balaban J connectivity index is 0.937. The lowest BCUT2D eigenvalue weighted by atomic mass is 10.0. The van der Waals surface area contributed by atoms with Gasteiger partial charge in [0.25, 0.3) is 0 Å². The van der Waals surface area contributed by atoms with E-state index in [1.54, 1.807) is 0 Å². The van der Waals surface area contributed by atoms with Gasteiger partial charge in [0.05, 0.1) is 0 Å². The zero-order chi connectivity index (χ0) is 46.5. The van der Waals surface area contributed by atoms with Crippen LogP contribution in [-0.2, 0) is 0 Å². The molecule has 0 spiro atoms. The third-order valence-electron chi connectivity index (χ3n) is 11.9. The Hall–Kier alpha value is -9.18. The molecule has 0 aromatic heterocycles. The number of anilines is 9. The quantitative estimate of drug-likeness (QED) is 0.0950. The van der Waals surface area contributed by atoms with E-state index in [0.29, 0.717) is 0 Å². The molecule has 0 saturated carbocycles. The maximum Gasteiger partial charge on any atom is 0.0462 e. The Morgan fingerprint density at radius 2 is 0.319 bits per heavy atom. The Labute approximate surface area is 406 Å². The average molecular weight is 886 g/mol. The highest BCUT2D eigenvalue weighted by atomic mass is 15.2. The first-order valence-corrected chi connectivity index (χ1v) is 23.4. The molecule has 10 aromatic carbocycles. The molecule has 0 fully saturated rings. The lowest BCUT2D eigenvalue weighted by Crippen LogP contribution is -2.09. The summed E-state index contributed by atoms with van der Waals surface area (Å²) in [5.41, 5.74) is 16.7. The van der Waals surface area contributed by atoms with Gasteiger partial charge in [0.1, 0.15) is 0 Å². The molecule has 0 aliphatic carbocycles. The first-order chi connectivity index (χ1) is 34.2. The molecule has 0 radical (unpaired) electrons. The zero-order valence-electron chi connectivity index (χ0n) is 38.3. The summed E-state index contributed by atoms with van der Waals surface area (Å²) < 4.78 is 0. The van der Waals surface area contributed by atoms with Crippen molar-refractivity contribution >= 4 is 87.6 Å². The minimum Gasteiger partial charge on any atom is -0.311 e. The van der Waals surface area contributed by atoms with Crippen molar-refractivity contribution in [1.82, 2.24) is 0 Å². The van der Waals surface area contributed by atoms with Crippen LogP contribution in [0.3, 0.4) is 0 Å². The van der Waals surface area contributed by atoms with Gasteiger partial charge in [0.2, 0.25) is 0 Å². The third-order valence-corrected chi connectivity index (χ3v) is 11.9. The molecule has 0 aliphatic rings. The molecule has 3 nitrogen and oxygen atoms in total. The van der Waals surface area contributed by atoms with Gasteiger partial charge in [-0.2, -0.15) is 0 Å². The van der Waals surface area contributed by atoms with E-state index >= 15 is 0 Å². The second kappa shape index (κ2) is 21.4. The predicted octanol–water partition coefficient (Wildman–Crippen LogP) is 18.6. The van der Waals surface area contributed by atoms with Crippen molar-refractivity contribution < 1.29 is 0 Å². The summed E-state index contributed by atoms with van der Waals surface area (Å²) in [4.78, 5) is 6.86. The molecule has 0 aliphatic heterocycles. The van der Waals surface area contributed by atoms with Crippen molar-refractivity contribution in [3.8, 4) is 0 Å². The molecule has 3 heteroatoms. The molecule has 0 atom stereocenters. The monoisotopic (exact) mass is 885 g/mol. The van der Waals surface area contributed by atoms with E-state index in [4.69, 9.17) is 0 Å². The number of benzene rings is 10. The molecular formula is C66H51N3. The fourth-order valence-electron chi connectivity index (χ4n) is 8.58. The highest BCUT2D eigenvalue weighted by Crippen LogP contribution is 2.37. The van der Waals surface area contributed by atoms with E-state index in [0.717, 1.165) is 84.6 Å². The third kappa shape index (κ3) is 10.9. The molecule has 0 bridgehead atoms. The summed E-state index contributed by atoms with van der Waals surface area (Å²) in [6, 6.07) is 96.2. The molecule has 0 saturated heterocycles. The van der Waals surface area contributed by atoms with E-state index in [1.807, 2.05) is 0 Å². The van der Waals surface area contributed by atoms with Crippen LogP contribution >= 0.6 is 0 Å². The van der Waals surface area contributed by atoms with Crippen molar-refractivity contribution in [1.29, 1.82) is 0 Å². The molecular weight excluding hydrogens is 835 g/mol. The van der Waals surface area contributed by atoms with Crippen molar-refractivity contribution in [2.45, 2.75) is 0 Å². The highest BCUT2D eigenvalue weighted by Gasteiger charge is 2.14. The van der Waals surface area contributed by atoms with Gasteiger partial charge in [-0.3, -0.25) is 0 Å². The van der Waals surface area contributed by atoms with Crippen LogP contribution in [0.4, 0.5) is 51.2 Å². The summed E-state index contributed by atoms with van der Waals surface area (Å²) in [6.45, 7) is 0. The number of nitrogens with zero attached hydrogens (tertiary/aromatic N) is 3. The van der Waals surface area contributed by atoms with Crippen LogP contribution in [-0.4, -0.2) is 0 Å². The van der Waals surface area contributed by atoms with E-state index in [1.165, 1.54) is 0 Å². The molecule has 10 aromatic rings. The summed E-state index contributed by atoms with van der Waals surface area (Å²) in [5, 5.41) is 0. The van der Waals surface area contributed by atoms with Crippen LogP contribution in [0.15, 0.2) is 273 Å². The Bertz CT molecular complexity index is 2770. The van der Waals surface area contributed by atoms with Crippen molar-refractivity contribution in [2.24, 2.45) is 0 Å². The first-order valence-electron chi connectivity index (χ1n) is 23.4. The van der Waals surface area contributed by atoms with Gasteiger partial charge >= 0.3 is 0 Å². The highest BCUT2D eigenvalue weighted by molar-refractivity contribution is 5.83. The molecule has 0 N–H and O–H groups in total. The topological polar surface area (TPSA) is 9.72 Å². The Kier molecular flexibility index (Phi) is 13.6. The fraction of sp³-hybridized carbons (Fsp3) is 0. The molecule has 0 amide bonds. The molecule has 0 heterocycles. The lowest BCUT2D eigenvalue weighted by Gasteiger charge is -2.25. The zero-order valence-corrected chi connectivity index (χ0v) is 38.3. The van der Waals surface area contributed by atoms with E-state index in [2.05, 4.69) is 324 Å². The van der Waals surface area contributed by atoms with Crippen molar-refractivity contribution in [2.75, 3.05) is 14.7 Å². The summed E-state index contributed by atoms with van der Waals surface area (Å²) in [6.07, 6.45) is 13.2. The second-order valence-electron chi connectivity index (χ2n) is 16.7. The van der Waals surface area contributed by atoms with Crippen LogP contribution < -0.4 is 14.7 Å². The van der Waals surface area contributed by atoms with Crippen LogP contribution in [0, 0.1) is 0 Å². The summed E-state index contributed by atoms with van der Waals surface area (Å²) >= 11 is 0. The van der Waals surface area contributed by atoms with Gasteiger partial charge in [-0.25, -0.2) is 0 Å². The SMILES string of the molecule is C(=C\c1cc(/C=C/c2ccc(N(c3ccccc3)c3ccccc3)cc2)cc(/C=C/c2ccc(N(c3ccccc3)c3ccccc3)cc2)c1)/c1ccc(N(c2ccccc2)c2ccccc2)cc1. The van der Waals surface area contributed by atoms with Crippen LogP contribution in [0.2, 0.25) is 0 Å². The van der Waals surface area contributed by atoms with Crippen molar-refractivity contribution in [3.63, 3.8) is 0 Å². The van der Waals surface area contributed by atoms with E-state index < -0.39 is 0 Å². The summed E-state index contributed by atoms with van der Waals surface area (Å²) in [5.74, 6) is 0. The smallest absolute Gasteiger partial charge is 0.0462 e. The maximum absolute atomic E-state index is 2.29. The maximum atomic E-state index is 2.29. The van der Waals surface area contributed by atoms with Gasteiger partial charge in [-0.05, 0) is 161 Å². The van der Waals surface area contributed by atoms with Gasteiger partial charge in [-0.1, -0.05) is 182 Å². The lowest BCUT2D eigenvalue weighted by molar-refractivity contribution is 1.28. The van der Waals surface area contributed by atoms with E-state index in [9.17, 15) is 0 Å². The second-order valence-corrected chi connectivity index (χ2v) is 16.7. The van der Waals surface area contributed by atoms with E-state index in [-0.39, 0.29) is 0 Å². The average Bonchev–Trinajstić information content (AvgIpc) is 3.42. The molecule has 0 unspecified atom stereocenters. The van der Waals surface area contributed by atoms with Gasteiger partial charge in [0, 0.05) is 51.2 Å². The number of para-hydroxylation sites is 6. The molecule has 330 valence electrons. The largest absolute Gasteiger partial charge is 0.311 e. The van der Waals surface area contributed by atoms with Crippen LogP contribution in [0.25, 0.3) is 36.5 Å². The van der Waals surface area contributed by atoms with Gasteiger partial charge in [-0.15, -0.1) is 0 Å². The predicted molar refractivity (Wildman–Crippen MR) is 297 cm³/mol. The Morgan fingerprint density at radius 3 is 0.507 bits per heavy atom. The summed E-state index contributed by atoms with van der Waals surface area (Å²) in [7, 11) is 0. The Morgan fingerprint density at radius 1 is 0.159 bits per heavy atom. The van der Waals surface area contributed by atoms with Crippen molar-refractivity contribution in [3.05, 3.63) is 306 Å².